The second-order valence-corrected chi connectivity index (χ2v) is 7.80. The van der Waals surface area contributed by atoms with E-state index in [-0.39, 0.29) is 11.6 Å². The van der Waals surface area contributed by atoms with Gasteiger partial charge in [0.25, 0.3) is 11.6 Å². The summed E-state index contributed by atoms with van der Waals surface area (Å²) in [4.78, 5) is 28.2. The number of carbonyl (C=O) groups excluding carboxylic acids is 1. The van der Waals surface area contributed by atoms with Gasteiger partial charge in [-0.25, -0.2) is 4.98 Å². The number of aromatic nitrogens is 1. The third-order valence-corrected chi connectivity index (χ3v) is 5.61. The maximum atomic E-state index is 13.1. The normalized spacial score (nSPS) is 16.3. The predicted octanol–water partition coefficient (Wildman–Crippen LogP) is 3.64. The number of carbonyl (C=O) groups is 1. The van der Waals surface area contributed by atoms with Crippen LogP contribution in [0.25, 0.3) is 10.2 Å². The van der Waals surface area contributed by atoms with Gasteiger partial charge < -0.3 is 10.6 Å². The average molecular weight is 425 g/mol. The van der Waals surface area contributed by atoms with E-state index in [1.807, 2.05) is 24.3 Å². The minimum absolute atomic E-state index is 0.0580. The van der Waals surface area contributed by atoms with Gasteiger partial charge in [0.05, 0.1) is 26.8 Å². The number of nitro benzene ring substituents is 1. The van der Waals surface area contributed by atoms with Crippen LogP contribution in [0.4, 0.5) is 10.8 Å². The highest BCUT2D eigenvalue weighted by Gasteiger charge is 2.31. The van der Waals surface area contributed by atoms with Crippen LogP contribution in [0.2, 0.25) is 0 Å². The lowest BCUT2D eigenvalue weighted by atomic mass is 9.94. The van der Waals surface area contributed by atoms with Crippen molar-refractivity contribution in [1.29, 1.82) is 0 Å². The lowest BCUT2D eigenvalue weighted by Gasteiger charge is -2.30. The Labute approximate surface area is 174 Å². The van der Waals surface area contributed by atoms with Gasteiger partial charge in [0.2, 0.25) is 0 Å². The van der Waals surface area contributed by atoms with Gasteiger partial charge in [-0.1, -0.05) is 35.6 Å². The Morgan fingerprint density at radius 3 is 2.83 bits per heavy atom. The van der Waals surface area contributed by atoms with Gasteiger partial charge in [-0.05, 0) is 36.8 Å². The van der Waals surface area contributed by atoms with Crippen molar-refractivity contribution in [3.63, 3.8) is 0 Å². The lowest BCUT2D eigenvalue weighted by molar-refractivity contribution is -0.384. The van der Waals surface area contributed by atoms with E-state index in [4.69, 9.17) is 12.2 Å². The number of nitrogens with one attached hydrogen (secondary N) is 3. The molecule has 2 heterocycles. The van der Waals surface area contributed by atoms with Crippen molar-refractivity contribution in [2.24, 2.45) is 0 Å². The topological polar surface area (TPSA) is 109 Å². The Balaban J connectivity index is 1.69. The monoisotopic (exact) mass is 425 g/mol. The first-order valence-corrected chi connectivity index (χ1v) is 9.84. The van der Waals surface area contributed by atoms with E-state index in [0.717, 1.165) is 10.2 Å². The van der Waals surface area contributed by atoms with Crippen molar-refractivity contribution in [3.05, 3.63) is 75.5 Å². The average Bonchev–Trinajstić information content (AvgIpc) is 3.09. The van der Waals surface area contributed by atoms with E-state index in [1.165, 1.54) is 23.5 Å². The van der Waals surface area contributed by atoms with Crippen molar-refractivity contribution in [1.82, 2.24) is 15.6 Å². The fourth-order valence-electron chi connectivity index (χ4n) is 3.15. The minimum Gasteiger partial charge on any atom is -0.351 e. The summed E-state index contributed by atoms with van der Waals surface area (Å²) in [5, 5.41) is 20.8. The van der Waals surface area contributed by atoms with Gasteiger partial charge in [0.1, 0.15) is 0 Å². The smallest absolute Gasteiger partial charge is 0.269 e. The number of benzene rings is 2. The van der Waals surface area contributed by atoms with Crippen LogP contribution in [0.15, 0.2) is 59.8 Å². The molecule has 1 unspecified atom stereocenters. The number of nitrogens with zero attached hydrogens (tertiary/aromatic N) is 2. The van der Waals surface area contributed by atoms with Crippen LogP contribution >= 0.6 is 23.6 Å². The summed E-state index contributed by atoms with van der Waals surface area (Å²) >= 11 is 6.60. The van der Waals surface area contributed by atoms with Crippen LogP contribution in [0.5, 0.6) is 0 Å². The molecule has 2 aromatic carbocycles. The fourth-order valence-corrected chi connectivity index (χ4v) is 4.28. The van der Waals surface area contributed by atoms with Gasteiger partial charge in [-0.15, -0.1) is 0 Å². The number of hydrogen-bond acceptors (Lipinski definition) is 6. The molecule has 8 nitrogen and oxygen atoms in total. The van der Waals surface area contributed by atoms with E-state index < -0.39 is 11.0 Å². The number of rotatable bonds is 4. The van der Waals surface area contributed by atoms with Crippen LogP contribution < -0.4 is 16.0 Å². The molecule has 0 saturated heterocycles. The summed E-state index contributed by atoms with van der Waals surface area (Å²) in [6, 6.07) is 13.1. The number of thiocarbonyl (C=S) groups is 1. The largest absolute Gasteiger partial charge is 0.351 e. The van der Waals surface area contributed by atoms with Crippen molar-refractivity contribution in [3.8, 4) is 0 Å². The zero-order chi connectivity index (χ0) is 20.5. The standard InChI is InChI=1S/C19H15N5O3S2/c1-10-15(17(25)23-19-21-13-7-2-3-8-14(13)29-19)16(22-18(28)20-10)11-5-4-6-12(9-11)24(26)27/h2-9,16H,1H3,(H2,20,22,28)(H,21,23,25). The Morgan fingerprint density at radius 1 is 1.28 bits per heavy atom. The molecule has 0 spiro atoms. The quantitative estimate of drug-likeness (QED) is 0.333. The summed E-state index contributed by atoms with van der Waals surface area (Å²) in [5.41, 5.74) is 2.27. The molecule has 1 aromatic heterocycles. The Hall–Kier alpha value is -3.37. The molecule has 3 N–H and O–H groups in total. The molecule has 1 aliphatic rings. The highest BCUT2D eigenvalue weighted by molar-refractivity contribution is 7.80. The fraction of sp³-hybridized carbons (Fsp3) is 0.105. The number of para-hydroxylation sites is 1. The van der Waals surface area contributed by atoms with Crippen LogP contribution in [-0.4, -0.2) is 20.9 Å². The molecule has 0 fully saturated rings. The number of non-ortho nitro benzene ring substituents is 1. The first-order chi connectivity index (χ1) is 13.9. The summed E-state index contributed by atoms with van der Waals surface area (Å²) in [7, 11) is 0. The molecule has 1 aliphatic heterocycles. The highest BCUT2D eigenvalue weighted by atomic mass is 32.1. The maximum Gasteiger partial charge on any atom is 0.269 e. The molecule has 146 valence electrons. The number of amides is 1. The lowest BCUT2D eigenvalue weighted by Crippen LogP contribution is -2.45. The van der Waals surface area contributed by atoms with E-state index >= 15 is 0 Å². The first-order valence-electron chi connectivity index (χ1n) is 8.62. The van der Waals surface area contributed by atoms with Crippen molar-refractivity contribution in [2.45, 2.75) is 13.0 Å². The summed E-state index contributed by atoms with van der Waals surface area (Å²) in [6.45, 7) is 1.74. The maximum absolute atomic E-state index is 13.1. The van der Waals surface area contributed by atoms with E-state index in [9.17, 15) is 14.9 Å². The second-order valence-electron chi connectivity index (χ2n) is 6.36. The number of fused-ring (bicyclic) bond motifs is 1. The molecule has 10 heteroatoms. The molecular formula is C19H15N5O3S2. The Kier molecular flexibility index (Phi) is 4.95. The van der Waals surface area contributed by atoms with Gasteiger partial charge >= 0.3 is 0 Å². The zero-order valence-corrected chi connectivity index (χ0v) is 16.8. The number of thiazole rings is 1. The van der Waals surface area contributed by atoms with E-state index in [1.54, 1.807) is 19.1 Å². The van der Waals surface area contributed by atoms with Crippen molar-refractivity contribution >= 4 is 55.6 Å². The summed E-state index contributed by atoms with van der Waals surface area (Å²) in [5.74, 6) is -0.361. The number of anilines is 1. The van der Waals surface area contributed by atoms with Gasteiger partial charge in [0, 0.05) is 17.8 Å². The molecule has 0 saturated carbocycles. The van der Waals surface area contributed by atoms with E-state index in [0.29, 0.717) is 27.1 Å². The number of allylic oxidation sites excluding steroid dienone is 1. The second kappa shape index (κ2) is 7.57. The molecule has 1 amide bonds. The molecule has 3 aromatic rings. The third-order valence-electron chi connectivity index (χ3n) is 4.44. The van der Waals surface area contributed by atoms with E-state index in [2.05, 4.69) is 20.9 Å². The Bertz CT molecular complexity index is 1150. The number of hydrogen-bond donors (Lipinski definition) is 3. The highest BCUT2D eigenvalue weighted by Crippen LogP contribution is 2.31. The molecule has 1 atom stereocenters. The molecule has 0 bridgehead atoms. The first kappa shape index (κ1) is 19.0. The SMILES string of the molecule is CC1=C(C(=O)Nc2nc3ccccc3s2)C(c2cccc([N+](=O)[O-])c2)NC(=S)N1. The predicted molar refractivity (Wildman–Crippen MR) is 116 cm³/mol. The van der Waals surface area contributed by atoms with Crippen LogP contribution in [0.3, 0.4) is 0 Å². The van der Waals surface area contributed by atoms with Crippen LogP contribution in [-0.2, 0) is 4.79 Å². The van der Waals surface area contributed by atoms with Crippen molar-refractivity contribution in [2.75, 3.05) is 5.32 Å². The zero-order valence-electron chi connectivity index (χ0n) is 15.1. The third kappa shape index (κ3) is 3.80. The summed E-state index contributed by atoms with van der Waals surface area (Å²) in [6.07, 6.45) is 0. The molecule has 4 rings (SSSR count). The van der Waals surface area contributed by atoms with Gasteiger partial charge in [-0.2, -0.15) is 0 Å². The molecule has 0 radical (unpaired) electrons. The van der Waals surface area contributed by atoms with Crippen LogP contribution in [0, 0.1) is 10.1 Å². The molecule has 0 aliphatic carbocycles. The number of nitro groups is 1. The van der Waals surface area contributed by atoms with Gasteiger partial charge in [0.15, 0.2) is 10.2 Å². The Morgan fingerprint density at radius 2 is 2.07 bits per heavy atom. The van der Waals surface area contributed by atoms with Gasteiger partial charge in [-0.3, -0.25) is 20.2 Å². The van der Waals surface area contributed by atoms with Crippen molar-refractivity contribution < 1.29 is 9.72 Å². The molecular weight excluding hydrogens is 410 g/mol. The minimum atomic E-state index is -0.627. The molecule has 29 heavy (non-hydrogen) atoms. The van der Waals surface area contributed by atoms with Crippen LogP contribution in [0.1, 0.15) is 18.5 Å². The summed E-state index contributed by atoms with van der Waals surface area (Å²) < 4.78 is 0.963.